The molecule has 0 saturated heterocycles. The molecule has 3 nitrogen and oxygen atoms in total. The molecule has 0 N–H and O–H groups in total. The van der Waals surface area contributed by atoms with E-state index in [9.17, 15) is 0 Å². The van der Waals surface area contributed by atoms with Gasteiger partial charge >= 0.3 is 0 Å². The molecule has 0 radical (unpaired) electrons. The number of rotatable bonds is 3. The van der Waals surface area contributed by atoms with Crippen LogP contribution in [0.1, 0.15) is 11.8 Å². The van der Waals surface area contributed by atoms with Crippen molar-refractivity contribution < 1.29 is 4.74 Å². The number of benzene rings is 1. The lowest BCUT2D eigenvalue weighted by atomic mass is 10.2. The zero-order valence-electron chi connectivity index (χ0n) is 8.80. The first-order valence-electron chi connectivity index (χ1n) is 4.92. The molecule has 16 heavy (non-hydrogen) atoms. The molecule has 2 rings (SSSR count). The van der Waals surface area contributed by atoms with E-state index in [1.54, 1.807) is 6.20 Å². The van der Waals surface area contributed by atoms with Crippen LogP contribution in [0.15, 0.2) is 30.5 Å². The highest BCUT2D eigenvalue weighted by Gasteiger charge is 2.04. The van der Waals surface area contributed by atoms with Crippen molar-refractivity contribution >= 4 is 11.3 Å². The standard InChI is InChI=1S/C12H10N2OS/c1-2-15-10-5-3-9(4-6-10)12-14-8-11(7-13)16-12/h3-6,8H,2H2,1H3. The largest absolute Gasteiger partial charge is 0.494 e. The lowest BCUT2D eigenvalue weighted by molar-refractivity contribution is 0.340. The van der Waals surface area contributed by atoms with Crippen LogP contribution in [0.25, 0.3) is 10.6 Å². The summed E-state index contributed by atoms with van der Waals surface area (Å²) in [6.07, 6.45) is 1.59. The number of ether oxygens (including phenoxy) is 1. The summed E-state index contributed by atoms with van der Waals surface area (Å²) in [6, 6.07) is 9.80. The Bertz CT molecular complexity index is 511. The molecule has 1 heterocycles. The minimum absolute atomic E-state index is 0.629. The van der Waals surface area contributed by atoms with E-state index in [2.05, 4.69) is 11.1 Å². The normalized spacial score (nSPS) is 9.75. The number of hydrogen-bond acceptors (Lipinski definition) is 4. The number of nitriles is 1. The van der Waals surface area contributed by atoms with Crippen LogP contribution >= 0.6 is 11.3 Å². The van der Waals surface area contributed by atoms with E-state index in [-0.39, 0.29) is 0 Å². The highest BCUT2D eigenvalue weighted by Crippen LogP contribution is 2.26. The maximum Gasteiger partial charge on any atom is 0.125 e. The summed E-state index contributed by atoms with van der Waals surface area (Å²) in [7, 11) is 0. The van der Waals surface area contributed by atoms with Crippen LogP contribution in [-0.4, -0.2) is 11.6 Å². The van der Waals surface area contributed by atoms with Gasteiger partial charge in [-0.2, -0.15) is 5.26 Å². The van der Waals surface area contributed by atoms with E-state index in [1.807, 2.05) is 31.2 Å². The molecule has 2 aromatic rings. The minimum atomic E-state index is 0.629. The van der Waals surface area contributed by atoms with Gasteiger partial charge in [0.1, 0.15) is 21.7 Å². The van der Waals surface area contributed by atoms with Crippen molar-refractivity contribution in [1.29, 1.82) is 5.26 Å². The van der Waals surface area contributed by atoms with E-state index in [1.165, 1.54) is 11.3 Å². The summed E-state index contributed by atoms with van der Waals surface area (Å²) in [5, 5.41) is 9.57. The first-order valence-corrected chi connectivity index (χ1v) is 5.74. The second-order valence-electron chi connectivity index (χ2n) is 3.10. The Morgan fingerprint density at radius 2 is 2.12 bits per heavy atom. The number of hydrogen-bond donors (Lipinski definition) is 0. The highest BCUT2D eigenvalue weighted by molar-refractivity contribution is 7.15. The van der Waals surface area contributed by atoms with Crippen LogP contribution in [0.3, 0.4) is 0 Å². The summed E-state index contributed by atoms with van der Waals surface area (Å²) in [4.78, 5) is 4.82. The molecule has 0 saturated carbocycles. The molecule has 80 valence electrons. The fraction of sp³-hybridized carbons (Fsp3) is 0.167. The van der Waals surface area contributed by atoms with Crippen LogP contribution in [0.4, 0.5) is 0 Å². The number of aromatic nitrogens is 1. The van der Waals surface area contributed by atoms with Crippen LogP contribution < -0.4 is 4.74 Å². The van der Waals surface area contributed by atoms with Gasteiger partial charge in [0.15, 0.2) is 0 Å². The minimum Gasteiger partial charge on any atom is -0.494 e. The zero-order valence-corrected chi connectivity index (χ0v) is 9.62. The van der Waals surface area contributed by atoms with E-state index in [0.29, 0.717) is 11.5 Å². The third-order valence-electron chi connectivity index (χ3n) is 2.03. The quantitative estimate of drug-likeness (QED) is 0.814. The molecule has 4 heteroatoms. The first-order chi connectivity index (χ1) is 7.83. The molecule has 0 fully saturated rings. The second-order valence-corrected chi connectivity index (χ2v) is 4.13. The molecule has 0 aliphatic rings. The lowest BCUT2D eigenvalue weighted by Gasteiger charge is -2.02. The molecular weight excluding hydrogens is 220 g/mol. The zero-order chi connectivity index (χ0) is 11.4. The molecule has 1 aromatic carbocycles. The lowest BCUT2D eigenvalue weighted by Crippen LogP contribution is -1.90. The van der Waals surface area contributed by atoms with E-state index in [4.69, 9.17) is 10.00 Å². The van der Waals surface area contributed by atoms with Crippen LogP contribution in [-0.2, 0) is 0 Å². The Morgan fingerprint density at radius 1 is 1.38 bits per heavy atom. The van der Waals surface area contributed by atoms with Crippen molar-refractivity contribution in [3.8, 4) is 22.4 Å². The highest BCUT2D eigenvalue weighted by atomic mass is 32.1. The monoisotopic (exact) mass is 230 g/mol. The van der Waals surface area contributed by atoms with Gasteiger partial charge in [-0.25, -0.2) is 4.98 Å². The Labute approximate surface area is 97.9 Å². The third-order valence-corrected chi connectivity index (χ3v) is 2.98. The summed E-state index contributed by atoms with van der Waals surface area (Å²) in [5.41, 5.74) is 1.01. The van der Waals surface area contributed by atoms with Gasteiger partial charge in [-0.3, -0.25) is 0 Å². The van der Waals surface area contributed by atoms with Gasteiger partial charge in [-0.15, -0.1) is 11.3 Å². The third kappa shape index (κ3) is 2.20. The smallest absolute Gasteiger partial charge is 0.125 e. The Kier molecular flexibility index (Phi) is 3.18. The van der Waals surface area contributed by atoms with Gasteiger partial charge < -0.3 is 4.74 Å². The fourth-order valence-corrected chi connectivity index (χ4v) is 2.04. The van der Waals surface area contributed by atoms with Gasteiger partial charge in [0.25, 0.3) is 0 Å². The second kappa shape index (κ2) is 4.77. The Balaban J connectivity index is 2.24. The predicted molar refractivity (Wildman–Crippen MR) is 63.4 cm³/mol. The van der Waals surface area contributed by atoms with Crippen molar-refractivity contribution in [1.82, 2.24) is 4.98 Å². The van der Waals surface area contributed by atoms with Crippen LogP contribution in [0.5, 0.6) is 5.75 Å². The molecule has 0 atom stereocenters. The van der Waals surface area contributed by atoms with Crippen molar-refractivity contribution in [2.24, 2.45) is 0 Å². The number of nitrogens with zero attached hydrogens (tertiary/aromatic N) is 2. The van der Waals surface area contributed by atoms with Gasteiger partial charge in [-0.05, 0) is 31.2 Å². The van der Waals surface area contributed by atoms with E-state index < -0.39 is 0 Å². The Hall–Kier alpha value is -1.86. The average molecular weight is 230 g/mol. The molecule has 0 bridgehead atoms. The van der Waals surface area contributed by atoms with Gasteiger partial charge in [0.05, 0.1) is 12.8 Å². The molecule has 0 spiro atoms. The first kappa shape index (κ1) is 10.7. The molecule has 0 aliphatic heterocycles. The van der Waals surface area contributed by atoms with Gasteiger partial charge in [0, 0.05) is 5.56 Å². The summed E-state index contributed by atoms with van der Waals surface area (Å²) < 4.78 is 5.35. The van der Waals surface area contributed by atoms with Gasteiger partial charge in [0.2, 0.25) is 0 Å². The van der Waals surface area contributed by atoms with Gasteiger partial charge in [-0.1, -0.05) is 0 Å². The van der Waals surface area contributed by atoms with E-state index in [0.717, 1.165) is 16.3 Å². The molecule has 1 aromatic heterocycles. The SMILES string of the molecule is CCOc1ccc(-c2ncc(C#N)s2)cc1. The Morgan fingerprint density at radius 3 is 2.69 bits per heavy atom. The summed E-state index contributed by atoms with van der Waals surface area (Å²) in [6.45, 7) is 2.61. The van der Waals surface area contributed by atoms with E-state index >= 15 is 0 Å². The summed E-state index contributed by atoms with van der Waals surface area (Å²) in [5.74, 6) is 0.850. The van der Waals surface area contributed by atoms with Crippen molar-refractivity contribution in [2.75, 3.05) is 6.61 Å². The fourth-order valence-electron chi connectivity index (χ4n) is 1.32. The van der Waals surface area contributed by atoms with Crippen LogP contribution in [0, 0.1) is 11.3 Å². The maximum absolute atomic E-state index is 8.71. The van der Waals surface area contributed by atoms with Crippen molar-refractivity contribution in [3.05, 3.63) is 35.3 Å². The summed E-state index contributed by atoms with van der Waals surface area (Å²) >= 11 is 1.39. The van der Waals surface area contributed by atoms with Crippen LogP contribution in [0.2, 0.25) is 0 Å². The maximum atomic E-state index is 8.71. The molecule has 0 unspecified atom stereocenters. The topological polar surface area (TPSA) is 45.9 Å². The molecule has 0 amide bonds. The predicted octanol–water partition coefficient (Wildman–Crippen LogP) is 3.08. The molecule has 0 aliphatic carbocycles. The molecular formula is C12H10N2OS. The number of thiazole rings is 1. The van der Waals surface area contributed by atoms with Crippen molar-refractivity contribution in [2.45, 2.75) is 6.92 Å². The average Bonchev–Trinajstić information content (AvgIpc) is 2.79. The van der Waals surface area contributed by atoms with Crippen molar-refractivity contribution in [3.63, 3.8) is 0 Å².